The Bertz CT molecular complexity index is 434. The molecule has 0 bridgehead atoms. The van der Waals surface area contributed by atoms with Crippen LogP contribution in [0.15, 0.2) is 30.3 Å². The van der Waals surface area contributed by atoms with Crippen molar-refractivity contribution >= 4 is 15.8 Å². The first kappa shape index (κ1) is 14.1. The van der Waals surface area contributed by atoms with Crippen molar-refractivity contribution in [1.82, 2.24) is 0 Å². The molecule has 0 spiro atoms. The van der Waals surface area contributed by atoms with E-state index in [2.05, 4.69) is 13.7 Å². The van der Waals surface area contributed by atoms with Crippen LogP contribution in [0.25, 0.3) is 0 Å². The Morgan fingerprint density at radius 3 is 2.56 bits per heavy atom. The van der Waals surface area contributed by atoms with Crippen molar-refractivity contribution in [2.45, 2.75) is 6.61 Å². The quantitative estimate of drug-likeness (QED) is 0.342. The average molecular weight is 296 g/mol. The molecule has 1 fully saturated rings. The predicted octanol–water partition coefficient (Wildman–Crippen LogP) is 1.77. The van der Waals surface area contributed by atoms with Gasteiger partial charge in [0, 0.05) is 0 Å². The monoisotopic (exact) mass is 296 g/mol. The van der Waals surface area contributed by atoms with Gasteiger partial charge in [0.05, 0.1) is 0 Å². The maximum absolute atomic E-state index is 11.4. The fourth-order valence-electron chi connectivity index (χ4n) is 1.24. The molecule has 18 heavy (non-hydrogen) atoms. The number of hydrogen-bond acceptors (Lipinski definition) is 6. The number of rotatable bonds is 7. The van der Waals surface area contributed by atoms with Crippen LogP contribution in [0.5, 0.6) is 0 Å². The molecule has 1 saturated heterocycles. The van der Waals surface area contributed by atoms with Crippen LogP contribution in [0, 0.1) is 0 Å². The first-order valence-corrected chi connectivity index (χ1v) is 8.66. The van der Waals surface area contributed by atoms with E-state index in [4.69, 9.17) is 9.63 Å². The zero-order valence-electron chi connectivity index (χ0n) is 9.39. The third-order valence-electron chi connectivity index (χ3n) is 2.11. The molecule has 2 N–H and O–H groups in total. The second-order valence-electron chi connectivity index (χ2n) is 3.68. The van der Waals surface area contributed by atoms with Crippen molar-refractivity contribution in [3.05, 3.63) is 35.9 Å². The molecule has 1 atom stereocenters. The third kappa shape index (κ3) is 4.72. The molecule has 0 saturated carbocycles. The second-order valence-corrected chi connectivity index (χ2v) is 7.51. The van der Waals surface area contributed by atoms with Crippen LogP contribution in [0.1, 0.15) is 5.56 Å². The van der Waals surface area contributed by atoms with Gasteiger partial charge in [-0.1, -0.05) is 0 Å². The summed E-state index contributed by atoms with van der Waals surface area (Å²) in [4.78, 5) is 18.5. The predicted molar refractivity (Wildman–Crippen MR) is 64.6 cm³/mol. The summed E-state index contributed by atoms with van der Waals surface area (Å²) in [6, 6.07) is 9.41. The molecule has 0 aromatic heterocycles. The molecule has 1 unspecified atom stereocenters. The van der Waals surface area contributed by atoms with E-state index in [0.717, 1.165) is 5.56 Å². The molecule has 1 aliphatic rings. The molecule has 1 aliphatic heterocycles. The molecular formula is C9H14O7P2. The first-order valence-electron chi connectivity index (χ1n) is 5.23. The van der Waals surface area contributed by atoms with Gasteiger partial charge in [0.25, 0.3) is 0 Å². The van der Waals surface area contributed by atoms with Gasteiger partial charge in [-0.25, -0.2) is 0 Å². The van der Waals surface area contributed by atoms with Crippen LogP contribution in [-0.4, -0.2) is 22.6 Å². The fraction of sp³-hybridized carbons (Fsp3) is 0.333. The van der Waals surface area contributed by atoms with Gasteiger partial charge >= 0.3 is 104 Å². The molecule has 102 valence electrons. The van der Waals surface area contributed by atoms with Gasteiger partial charge in [0.2, 0.25) is 0 Å². The van der Waals surface area contributed by atoms with Gasteiger partial charge in [-0.15, -0.1) is 0 Å². The minimum absolute atomic E-state index is 0.0349. The zero-order chi connectivity index (χ0) is 13.1. The van der Waals surface area contributed by atoms with Gasteiger partial charge in [-0.2, -0.15) is 0 Å². The van der Waals surface area contributed by atoms with Crippen LogP contribution in [0.4, 0.5) is 0 Å². The van der Waals surface area contributed by atoms with E-state index in [-0.39, 0.29) is 12.8 Å². The summed E-state index contributed by atoms with van der Waals surface area (Å²) < 4.78 is 29.4. The van der Waals surface area contributed by atoms with Gasteiger partial charge < -0.3 is 0 Å². The topological polar surface area (TPSA) is 101 Å². The van der Waals surface area contributed by atoms with Crippen LogP contribution in [0.2, 0.25) is 0 Å². The Labute approximate surface area is 104 Å². The molecule has 1 aromatic rings. The normalized spacial score (nSPS) is 22.1. The van der Waals surface area contributed by atoms with E-state index < -0.39 is 15.8 Å². The van der Waals surface area contributed by atoms with Gasteiger partial charge in [0.15, 0.2) is 0 Å². The SMILES string of the molecule is O=P(O)(CCOCc1ccccc1)O[PH]1(O)OO1. The first-order chi connectivity index (χ1) is 8.49. The average Bonchev–Trinajstić information content (AvgIpc) is 3.03. The number of hydrogen-bond donors (Lipinski definition) is 2. The number of benzene rings is 1. The summed E-state index contributed by atoms with van der Waals surface area (Å²) in [6.45, 7) is 0.378. The summed E-state index contributed by atoms with van der Waals surface area (Å²) in [5.74, 6) is 0. The van der Waals surface area contributed by atoms with Crippen LogP contribution >= 0.6 is 15.8 Å². The van der Waals surface area contributed by atoms with E-state index >= 15 is 0 Å². The molecule has 7 nitrogen and oxygen atoms in total. The molecule has 0 radical (unpaired) electrons. The van der Waals surface area contributed by atoms with E-state index in [9.17, 15) is 9.46 Å². The Morgan fingerprint density at radius 1 is 1.28 bits per heavy atom. The molecule has 1 aromatic carbocycles. The molecule has 1 heterocycles. The molecular weight excluding hydrogens is 282 g/mol. The summed E-state index contributed by atoms with van der Waals surface area (Å²) in [7, 11) is -7.67. The fourth-order valence-corrected chi connectivity index (χ4v) is 3.93. The summed E-state index contributed by atoms with van der Waals surface area (Å²) in [5.41, 5.74) is 0.966. The second kappa shape index (κ2) is 5.74. The summed E-state index contributed by atoms with van der Waals surface area (Å²) >= 11 is 0. The molecule has 0 aliphatic carbocycles. The number of ether oxygens (including phenoxy) is 1. The zero-order valence-corrected chi connectivity index (χ0v) is 11.3. The van der Waals surface area contributed by atoms with Crippen molar-refractivity contribution in [3.63, 3.8) is 0 Å². The van der Waals surface area contributed by atoms with E-state index in [1.54, 1.807) is 0 Å². The van der Waals surface area contributed by atoms with Crippen LogP contribution < -0.4 is 0 Å². The van der Waals surface area contributed by atoms with E-state index in [1.807, 2.05) is 30.3 Å². The Balaban J connectivity index is 1.67. The van der Waals surface area contributed by atoms with Crippen molar-refractivity contribution < 1.29 is 32.7 Å². The summed E-state index contributed by atoms with van der Waals surface area (Å²) in [5, 5.41) is 0. The molecule has 0 amide bonds. The molecule has 9 heteroatoms. The van der Waals surface area contributed by atoms with Crippen LogP contribution in [-0.2, 0) is 29.6 Å². The molecule has 2 rings (SSSR count). The maximum atomic E-state index is 11.4. The minimum atomic E-state index is -3.94. The third-order valence-corrected chi connectivity index (χ3v) is 5.38. The van der Waals surface area contributed by atoms with Gasteiger partial charge in [-0.05, 0) is 0 Å². The van der Waals surface area contributed by atoms with E-state index in [0.29, 0.717) is 6.61 Å². The van der Waals surface area contributed by atoms with Crippen molar-refractivity contribution in [1.29, 1.82) is 0 Å². The Kier molecular flexibility index (Phi) is 4.48. The van der Waals surface area contributed by atoms with Gasteiger partial charge in [-0.3, -0.25) is 0 Å². The van der Waals surface area contributed by atoms with Crippen molar-refractivity contribution in [3.8, 4) is 0 Å². The Hall–Kier alpha value is -0.360. The van der Waals surface area contributed by atoms with Crippen LogP contribution in [0.3, 0.4) is 0 Å². The van der Waals surface area contributed by atoms with Crippen molar-refractivity contribution in [2.24, 2.45) is 0 Å². The van der Waals surface area contributed by atoms with Gasteiger partial charge in [0.1, 0.15) is 0 Å². The summed E-state index contributed by atoms with van der Waals surface area (Å²) in [6.07, 6.45) is -0.234. The standard InChI is InChI=1S/C9H14O7P2/c10-17(11,16-18(12)14-15-18)7-6-13-8-9-4-2-1-3-5-9/h1-5,12,18H,6-8H2,(H,10,11). The van der Waals surface area contributed by atoms with E-state index in [1.165, 1.54) is 0 Å². The van der Waals surface area contributed by atoms with Crippen molar-refractivity contribution in [2.75, 3.05) is 12.8 Å². The Morgan fingerprint density at radius 2 is 1.94 bits per heavy atom.